The van der Waals surface area contributed by atoms with Gasteiger partial charge in [0.1, 0.15) is 0 Å². The Hall–Kier alpha value is -1.76. The molecule has 0 bridgehead atoms. The summed E-state index contributed by atoms with van der Waals surface area (Å²) in [5, 5.41) is 2.72. The van der Waals surface area contributed by atoms with Gasteiger partial charge in [-0.1, -0.05) is 71.6 Å². The molecule has 0 saturated heterocycles. The molecular formula is C21H29B6N. The molecule has 0 amide bonds. The van der Waals surface area contributed by atoms with Crippen LogP contribution in [0.2, 0.25) is 0 Å². The smallest absolute Gasteiger partial charge is 0.0955 e. The van der Waals surface area contributed by atoms with Crippen LogP contribution in [0.4, 0.5) is 0 Å². The molecule has 1 heterocycles. The Balaban J connectivity index is 2.24. The van der Waals surface area contributed by atoms with Crippen molar-refractivity contribution in [3.8, 4) is 11.3 Å². The van der Waals surface area contributed by atoms with Crippen molar-refractivity contribution in [2.45, 2.75) is 36.4 Å². The van der Waals surface area contributed by atoms with Gasteiger partial charge in [0.15, 0.2) is 0 Å². The van der Waals surface area contributed by atoms with Gasteiger partial charge in [0.2, 0.25) is 0 Å². The van der Waals surface area contributed by atoms with E-state index in [1.54, 1.807) is 0 Å². The van der Waals surface area contributed by atoms with Crippen LogP contribution in [0, 0.1) is 0 Å². The Bertz CT molecular complexity index is 972. The predicted octanol–water partition coefficient (Wildman–Crippen LogP) is -0.566. The average Bonchev–Trinajstić information content (AvgIpc) is 2.64. The average molecular weight is 360 g/mol. The van der Waals surface area contributed by atoms with E-state index in [0.29, 0.717) is 5.92 Å². The topological polar surface area (TPSA) is 12.9 Å². The number of aromatic nitrogens is 1. The quantitative estimate of drug-likeness (QED) is 0.556. The van der Waals surface area contributed by atoms with Crippen LogP contribution in [0.15, 0.2) is 48.7 Å². The Morgan fingerprint density at radius 2 is 1.46 bits per heavy atom. The lowest BCUT2D eigenvalue weighted by atomic mass is 9.37. The number of benzene rings is 2. The normalized spacial score (nSPS) is 13.5. The lowest BCUT2D eigenvalue weighted by Gasteiger charge is -2.26. The van der Waals surface area contributed by atoms with E-state index < -0.39 is 0 Å². The molecule has 1 nitrogen and oxygen atoms in total. The van der Waals surface area contributed by atoms with Crippen LogP contribution in [-0.4, -0.2) is 52.1 Å². The SMILES string of the molecule is BC(B)(B)c1cc(-c2nccc3cc(C(C)CC)ccc23)cc(C(B)(B)B)c1. The van der Waals surface area contributed by atoms with Crippen molar-refractivity contribution in [1.82, 2.24) is 4.98 Å². The fourth-order valence-electron chi connectivity index (χ4n) is 3.60. The maximum absolute atomic E-state index is 4.82. The van der Waals surface area contributed by atoms with E-state index in [2.05, 4.69) is 103 Å². The van der Waals surface area contributed by atoms with Gasteiger partial charge in [-0.25, -0.2) is 0 Å². The third-order valence-electron chi connectivity index (χ3n) is 5.91. The van der Waals surface area contributed by atoms with Gasteiger partial charge in [-0.15, -0.1) is 0 Å². The van der Waals surface area contributed by atoms with Gasteiger partial charge >= 0.3 is 0 Å². The van der Waals surface area contributed by atoms with Gasteiger partial charge in [0, 0.05) is 17.1 Å². The van der Waals surface area contributed by atoms with Gasteiger partial charge < -0.3 is 0 Å². The van der Waals surface area contributed by atoms with Gasteiger partial charge in [-0.3, -0.25) is 4.98 Å². The number of hydrogen-bond acceptors (Lipinski definition) is 1. The van der Waals surface area contributed by atoms with Crippen molar-refractivity contribution in [3.05, 3.63) is 65.4 Å². The third-order valence-corrected chi connectivity index (χ3v) is 5.91. The fourth-order valence-corrected chi connectivity index (χ4v) is 3.60. The summed E-state index contributed by atoms with van der Waals surface area (Å²) in [6.07, 6.45) is 3.12. The molecule has 0 aliphatic rings. The van der Waals surface area contributed by atoms with E-state index in [1.807, 2.05) is 6.20 Å². The van der Waals surface area contributed by atoms with Crippen LogP contribution in [-0.2, 0) is 10.2 Å². The number of pyridine rings is 1. The van der Waals surface area contributed by atoms with Gasteiger partial charge in [0.05, 0.1) is 52.8 Å². The molecule has 3 rings (SSSR count). The van der Waals surface area contributed by atoms with Crippen molar-refractivity contribution in [3.63, 3.8) is 0 Å². The number of nitrogens with zero attached hydrogens (tertiary/aromatic N) is 1. The second kappa shape index (κ2) is 7.58. The Morgan fingerprint density at radius 1 is 0.857 bits per heavy atom. The van der Waals surface area contributed by atoms with Crippen molar-refractivity contribution < 1.29 is 0 Å². The molecule has 1 unspecified atom stereocenters. The van der Waals surface area contributed by atoms with E-state index in [4.69, 9.17) is 4.98 Å². The second-order valence-corrected chi connectivity index (χ2v) is 10.2. The summed E-state index contributed by atoms with van der Waals surface area (Å²) >= 11 is 0. The lowest BCUT2D eigenvalue weighted by Crippen LogP contribution is -2.30. The van der Waals surface area contributed by atoms with Crippen molar-refractivity contribution in [2.75, 3.05) is 0 Å². The minimum absolute atomic E-state index is 0.102. The fraction of sp³-hybridized carbons (Fsp3) is 0.286. The van der Waals surface area contributed by atoms with E-state index in [-0.39, 0.29) is 10.2 Å². The molecule has 0 aliphatic heterocycles. The maximum atomic E-state index is 4.82. The maximum Gasteiger partial charge on any atom is 0.0955 e. The van der Waals surface area contributed by atoms with Gasteiger partial charge in [-0.05, 0) is 29.4 Å². The molecular weight excluding hydrogens is 331 g/mol. The minimum atomic E-state index is 0.102. The molecule has 0 radical (unpaired) electrons. The largest absolute Gasteiger partial charge is 0.256 e. The molecule has 0 fully saturated rings. The zero-order chi connectivity index (χ0) is 20.7. The molecule has 0 saturated carbocycles. The molecule has 28 heavy (non-hydrogen) atoms. The van der Waals surface area contributed by atoms with E-state index in [9.17, 15) is 0 Å². The highest BCUT2D eigenvalue weighted by Gasteiger charge is 2.22. The number of hydrogen-bond donors (Lipinski definition) is 0. The first-order chi connectivity index (χ1) is 13.0. The van der Waals surface area contributed by atoms with Crippen molar-refractivity contribution in [1.29, 1.82) is 0 Å². The summed E-state index contributed by atoms with van der Waals surface area (Å²) in [5.41, 5.74) is 6.45. The first-order valence-corrected chi connectivity index (χ1v) is 10.6. The van der Waals surface area contributed by atoms with Crippen LogP contribution in [0.1, 0.15) is 42.9 Å². The van der Waals surface area contributed by atoms with E-state index in [1.165, 1.54) is 33.0 Å². The van der Waals surface area contributed by atoms with Gasteiger partial charge in [-0.2, -0.15) is 0 Å². The first kappa shape index (κ1) is 21.0. The first-order valence-electron chi connectivity index (χ1n) is 10.6. The van der Waals surface area contributed by atoms with Crippen LogP contribution in [0.25, 0.3) is 22.0 Å². The Morgan fingerprint density at radius 3 is 2.00 bits per heavy atom. The molecule has 1 aromatic heterocycles. The molecule has 0 N–H and O–H groups in total. The highest BCUT2D eigenvalue weighted by Crippen LogP contribution is 2.33. The molecule has 7 heteroatoms. The monoisotopic (exact) mass is 361 g/mol. The zero-order valence-electron chi connectivity index (χ0n) is 18.9. The lowest BCUT2D eigenvalue weighted by molar-refractivity contribution is 0.735. The molecule has 1 atom stereocenters. The Labute approximate surface area is 175 Å². The highest BCUT2D eigenvalue weighted by molar-refractivity contribution is 6.60. The summed E-state index contributed by atoms with van der Waals surface area (Å²) in [6, 6.07) is 16.1. The number of rotatable bonds is 5. The van der Waals surface area contributed by atoms with E-state index >= 15 is 0 Å². The standard InChI is InChI=1S/C21H29B6N/c1-3-12(2)13-4-5-18-14(8-13)6-7-28-19(18)15-9-16(20(22,23)24)11-17(10-15)21(25,26)27/h4-12H,3,22-27H2,1-2H3. The zero-order valence-corrected chi connectivity index (χ0v) is 18.9. The summed E-state index contributed by atoms with van der Waals surface area (Å²) < 4.78 is 0. The third kappa shape index (κ3) is 4.29. The van der Waals surface area contributed by atoms with Crippen LogP contribution >= 0.6 is 0 Å². The summed E-state index contributed by atoms with van der Waals surface area (Å²) in [6.45, 7) is 4.55. The van der Waals surface area contributed by atoms with E-state index in [0.717, 1.165) is 12.1 Å². The highest BCUT2D eigenvalue weighted by atomic mass is 14.7. The second-order valence-electron chi connectivity index (χ2n) is 10.2. The van der Waals surface area contributed by atoms with Crippen molar-refractivity contribution >= 4 is 57.9 Å². The molecule has 3 aromatic rings. The molecule has 0 aliphatic carbocycles. The summed E-state index contributed by atoms with van der Waals surface area (Å²) in [4.78, 5) is 4.82. The van der Waals surface area contributed by atoms with Gasteiger partial charge in [0.25, 0.3) is 0 Å². The molecule has 136 valence electrons. The minimum Gasteiger partial charge on any atom is -0.256 e. The van der Waals surface area contributed by atoms with Crippen molar-refractivity contribution in [2.24, 2.45) is 0 Å². The molecule has 0 spiro atoms. The number of fused-ring (bicyclic) bond motifs is 1. The van der Waals surface area contributed by atoms with Crippen LogP contribution < -0.4 is 0 Å². The summed E-state index contributed by atoms with van der Waals surface area (Å²) in [5.74, 6) is 0.581. The Kier molecular flexibility index (Phi) is 5.67. The molecule has 2 aromatic carbocycles. The predicted molar refractivity (Wildman–Crippen MR) is 141 cm³/mol. The summed E-state index contributed by atoms with van der Waals surface area (Å²) in [7, 11) is 13.7. The van der Waals surface area contributed by atoms with Crippen LogP contribution in [0.3, 0.4) is 0 Å². The van der Waals surface area contributed by atoms with Crippen LogP contribution in [0.5, 0.6) is 0 Å².